The first-order chi connectivity index (χ1) is 24.4. The topological polar surface area (TPSA) is 126 Å². The maximum absolute atomic E-state index is 14.9. The normalized spacial score (nSPS) is 12.7. The average molecular weight is 780 g/mol. The minimum atomic E-state index is -2.12. The number of methoxy groups -OCH3 is 2. The van der Waals surface area contributed by atoms with Crippen molar-refractivity contribution >= 4 is 42.9 Å². The average Bonchev–Trinajstić information content (AvgIpc) is 3.45. The summed E-state index contributed by atoms with van der Waals surface area (Å²) in [7, 11) is 2.27. The van der Waals surface area contributed by atoms with Crippen molar-refractivity contribution in [2.45, 2.75) is 111 Å². The molecule has 0 radical (unpaired) electrons. The van der Waals surface area contributed by atoms with Crippen molar-refractivity contribution in [2.24, 2.45) is 0 Å². The summed E-state index contributed by atoms with van der Waals surface area (Å²) in [6.45, 7) is 21.9. The minimum Gasteiger partial charge on any atom is -0.491 e. The third kappa shape index (κ3) is 14.9. The number of aryl methyl sites for hydroxylation is 1. The lowest BCUT2D eigenvalue weighted by molar-refractivity contribution is 0.0320. The monoisotopic (exact) mass is 779 g/mol. The van der Waals surface area contributed by atoms with E-state index in [1.54, 1.807) is 61.8 Å². The SMILES string of the molecule is COC(=O)c1nc(N(CC(CO[Si](C)(C)C(C)(C)C)OC)C(=O)OC(C)(C)C)sc1CCCOc1ccc(C#CCN(C)C(=O)OC(C)(C)C)cc1F. The first kappa shape index (κ1) is 45.4. The number of thiazole rings is 1. The molecule has 2 rings (SSSR count). The summed E-state index contributed by atoms with van der Waals surface area (Å²) in [5, 5.41) is 0.219. The highest BCUT2D eigenvalue weighted by atomic mass is 32.1. The van der Waals surface area contributed by atoms with Crippen LogP contribution in [-0.4, -0.2) is 101 Å². The van der Waals surface area contributed by atoms with Crippen LogP contribution in [0.25, 0.3) is 0 Å². The molecule has 1 heterocycles. The van der Waals surface area contributed by atoms with Gasteiger partial charge in [0.05, 0.1) is 39.5 Å². The fourth-order valence-corrected chi connectivity index (χ4v) is 6.24. The van der Waals surface area contributed by atoms with Crippen LogP contribution in [-0.2, 0) is 29.8 Å². The number of halogens is 1. The highest BCUT2D eigenvalue weighted by Crippen LogP contribution is 2.37. The summed E-state index contributed by atoms with van der Waals surface area (Å²) < 4.78 is 48.8. The van der Waals surface area contributed by atoms with Crippen LogP contribution in [0, 0.1) is 17.7 Å². The lowest BCUT2D eigenvalue weighted by Crippen LogP contribution is -2.46. The fourth-order valence-electron chi connectivity index (χ4n) is 4.12. The zero-order chi connectivity index (χ0) is 40.4. The van der Waals surface area contributed by atoms with Crippen molar-refractivity contribution < 1.29 is 46.9 Å². The number of carbonyl (C=O) groups is 3. The Morgan fingerprint density at radius 2 is 1.60 bits per heavy atom. The molecule has 2 aromatic rings. The van der Waals surface area contributed by atoms with Gasteiger partial charge in [-0.1, -0.05) is 32.6 Å². The van der Waals surface area contributed by atoms with Crippen LogP contribution in [0.2, 0.25) is 18.1 Å². The van der Waals surface area contributed by atoms with Gasteiger partial charge in [-0.3, -0.25) is 4.90 Å². The standard InChI is InChI=1S/C38H58FN3O9SSi/c1-36(2,3)50-34(44)41(10)21-15-17-26-19-20-29(28(39)23-26)48-22-16-18-30-31(32(43)47-12)40-33(52-30)42(35(45)51-37(4,5)6)24-27(46-11)25-49-53(13,14)38(7,8)9/h19-20,23,27H,16,18,21-22,24-25H2,1-14H3. The van der Waals surface area contributed by atoms with Gasteiger partial charge >= 0.3 is 18.2 Å². The van der Waals surface area contributed by atoms with Crippen molar-refractivity contribution in [2.75, 3.05) is 52.5 Å². The van der Waals surface area contributed by atoms with Gasteiger partial charge in [0, 0.05) is 24.6 Å². The molecule has 12 nitrogen and oxygen atoms in total. The Kier molecular flexibility index (Phi) is 16.3. The van der Waals surface area contributed by atoms with Gasteiger partial charge in [0.1, 0.15) is 11.2 Å². The molecule has 0 saturated carbocycles. The van der Waals surface area contributed by atoms with E-state index in [4.69, 9.17) is 28.1 Å². The molecule has 0 saturated heterocycles. The largest absolute Gasteiger partial charge is 0.491 e. The van der Waals surface area contributed by atoms with Gasteiger partial charge in [-0.05, 0) is 90.7 Å². The number of ether oxygens (including phenoxy) is 5. The number of rotatable bonds is 14. The number of carbonyl (C=O) groups excluding carboxylic acids is 3. The fraction of sp³-hybridized carbons (Fsp3) is 0.632. The number of hydrogen-bond acceptors (Lipinski definition) is 11. The molecule has 2 amide bonds. The Morgan fingerprint density at radius 3 is 2.15 bits per heavy atom. The highest BCUT2D eigenvalue weighted by Gasteiger charge is 2.38. The van der Waals surface area contributed by atoms with E-state index in [9.17, 15) is 18.8 Å². The summed E-state index contributed by atoms with van der Waals surface area (Å²) in [6.07, 6.45) is -0.923. The number of benzene rings is 1. The second-order valence-electron chi connectivity index (χ2n) is 16.0. The summed E-state index contributed by atoms with van der Waals surface area (Å²) in [5.41, 5.74) is -0.928. The number of hydrogen-bond donors (Lipinski definition) is 0. The third-order valence-corrected chi connectivity index (χ3v) is 13.7. The van der Waals surface area contributed by atoms with Crippen LogP contribution in [0.15, 0.2) is 18.2 Å². The smallest absolute Gasteiger partial charge is 0.416 e. The molecule has 0 aliphatic rings. The van der Waals surface area contributed by atoms with Crippen LogP contribution in [0.5, 0.6) is 5.75 Å². The van der Waals surface area contributed by atoms with E-state index in [-0.39, 0.29) is 47.9 Å². The second-order valence-corrected chi connectivity index (χ2v) is 21.9. The first-order valence-electron chi connectivity index (χ1n) is 17.5. The number of aromatic nitrogens is 1. The molecule has 1 aromatic carbocycles. The Morgan fingerprint density at radius 1 is 0.981 bits per heavy atom. The van der Waals surface area contributed by atoms with Gasteiger partial charge in [0.2, 0.25) is 0 Å². The predicted molar refractivity (Wildman–Crippen MR) is 207 cm³/mol. The molecule has 0 aliphatic heterocycles. The zero-order valence-corrected chi connectivity index (χ0v) is 35.7. The molecule has 296 valence electrons. The molecule has 1 unspecified atom stereocenters. The molecule has 0 spiro atoms. The lowest BCUT2D eigenvalue weighted by atomic mass is 10.2. The maximum Gasteiger partial charge on any atom is 0.416 e. The Hall–Kier alpha value is -3.71. The van der Waals surface area contributed by atoms with Crippen molar-refractivity contribution in [3.05, 3.63) is 40.2 Å². The quantitative estimate of drug-likeness (QED) is 0.0611. The molecular weight excluding hydrogens is 722 g/mol. The lowest BCUT2D eigenvalue weighted by Gasteiger charge is -2.37. The van der Waals surface area contributed by atoms with Crippen LogP contribution in [0.4, 0.5) is 19.1 Å². The van der Waals surface area contributed by atoms with Crippen molar-refractivity contribution in [3.8, 4) is 17.6 Å². The van der Waals surface area contributed by atoms with Crippen LogP contribution in [0.1, 0.15) is 89.7 Å². The number of esters is 1. The summed E-state index contributed by atoms with van der Waals surface area (Å²) >= 11 is 1.16. The van der Waals surface area contributed by atoms with E-state index in [0.717, 1.165) is 11.3 Å². The van der Waals surface area contributed by atoms with E-state index in [2.05, 4.69) is 50.7 Å². The Labute approximate surface area is 319 Å². The molecule has 0 fully saturated rings. The van der Waals surface area contributed by atoms with Gasteiger partial charge < -0.3 is 33.0 Å². The maximum atomic E-state index is 14.9. The third-order valence-electron chi connectivity index (χ3n) is 8.06. The molecule has 53 heavy (non-hydrogen) atoms. The van der Waals surface area contributed by atoms with Crippen LogP contribution < -0.4 is 9.64 Å². The molecular formula is C38H58FN3O9SSi. The van der Waals surface area contributed by atoms with E-state index < -0.39 is 49.6 Å². The molecule has 0 bridgehead atoms. The summed E-state index contributed by atoms with van der Waals surface area (Å²) in [4.78, 5) is 46.3. The zero-order valence-electron chi connectivity index (χ0n) is 33.9. The summed E-state index contributed by atoms with van der Waals surface area (Å²) in [6, 6.07) is 4.37. The van der Waals surface area contributed by atoms with E-state index in [1.807, 2.05) is 0 Å². The molecule has 0 aliphatic carbocycles. The molecule has 1 atom stereocenters. The number of nitrogens with zero attached hydrogens (tertiary/aromatic N) is 3. The minimum absolute atomic E-state index is 0.0214. The van der Waals surface area contributed by atoms with Gasteiger partial charge in [0.15, 0.2) is 30.7 Å². The summed E-state index contributed by atoms with van der Waals surface area (Å²) in [5.74, 6) is 4.48. The Balaban J connectivity index is 2.19. The van der Waals surface area contributed by atoms with Crippen molar-refractivity contribution in [3.63, 3.8) is 0 Å². The first-order valence-corrected chi connectivity index (χ1v) is 21.2. The van der Waals surface area contributed by atoms with E-state index in [1.165, 1.54) is 29.0 Å². The van der Waals surface area contributed by atoms with E-state index >= 15 is 0 Å². The number of amides is 2. The van der Waals surface area contributed by atoms with Gasteiger partial charge in [-0.15, -0.1) is 11.3 Å². The van der Waals surface area contributed by atoms with Gasteiger partial charge in [0.25, 0.3) is 0 Å². The van der Waals surface area contributed by atoms with E-state index in [0.29, 0.717) is 23.3 Å². The van der Waals surface area contributed by atoms with Crippen LogP contribution >= 0.6 is 11.3 Å². The van der Waals surface area contributed by atoms with Gasteiger partial charge in [-0.25, -0.2) is 23.8 Å². The molecule has 15 heteroatoms. The predicted octanol–water partition coefficient (Wildman–Crippen LogP) is 8.08. The number of anilines is 1. The second kappa shape index (κ2) is 19.0. The van der Waals surface area contributed by atoms with Crippen molar-refractivity contribution in [1.82, 2.24) is 9.88 Å². The highest BCUT2D eigenvalue weighted by molar-refractivity contribution is 7.16. The Bertz CT molecular complexity index is 1620. The van der Waals surface area contributed by atoms with Gasteiger partial charge in [-0.2, -0.15) is 0 Å². The van der Waals surface area contributed by atoms with Crippen molar-refractivity contribution in [1.29, 1.82) is 0 Å². The van der Waals surface area contributed by atoms with Crippen LogP contribution in [0.3, 0.4) is 0 Å². The molecule has 0 N–H and O–H groups in total. The molecule has 1 aromatic heterocycles.